The molecule has 4 fully saturated rings. The number of carbonyl (C=O) groups excluding carboxylic acids is 1. The highest BCUT2D eigenvalue weighted by molar-refractivity contribution is 7.90. The van der Waals surface area contributed by atoms with Gasteiger partial charge in [-0.05, 0) is 105 Å². The number of sulfonamides is 1. The molecule has 2 aliphatic heterocycles. The average Bonchev–Trinajstić information content (AvgIpc) is 3.76. The first kappa shape index (κ1) is 54.3. The molecule has 3 aromatic carbocycles. The summed E-state index contributed by atoms with van der Waals surface area (Å²) in [4.78, 5) is 43.9. The summed E-state index contributed by atoms with van der Waals surface area (Å²) >= 11 is 0. The maximum absolute atomic E-state index is 15.0. The van der Waals surface area contributed by atoms with Crippen LogP contribution in [-0.2, 0) is 16.6 Å². The lowest BCUT2D eigenvalue weighted by molar-refractivity contribution is -0.384. The zero-order valence-corrected chi connectivity index (χ0v) is 45.7. The monoisotopic (exact) mass is 1090 g/mol. The fourth-order valence-electron chi connectivity index (χ4n) is 11.9. The zero-order valence-electron chi connectivity index (χ0n) is 44.9. The molecular formula is C57H68FN9O10S. The van der Waals surface area contributed by atoms with Crippen molar-refractivity contribution in [2.75, 3.05) is 70.3 Å². The van der Waals surface area contributed by atoms with E-state index in [1.165, 1.54) is 23.3 Å². The van der Waals surface area contributed by atoms with Crippen LogP contribution in [0.1, 0.15) is 105 Å². The molecule has 78 heavy (non-hydrogen) atoms. The Bertz CT molecular complexity index is 3310. The lowest BCUT2D eigenvalue weighted by atomic mass is 9.59. The van der Waals surface area contributed by atoms with E-state index >= 15 is 0 Å². The van der Waals surface area contributed by atoms with Gasteiger partial charge in [0, 0.05) is 93.4 Å². The van der Waals surface area contributed by atoms with Crippen molar-refractivity contribution in [3.05, 3.63) is 123 Å². The summed E-state index contributed by atoms with van der Waals surface area (Å²) in [5.41, 5.74) is 3.32. The maximum Gasteiger partial charge on any atom is 0.312 e. The van der Waals surface area contributed by atoms with Gasteiger partial charge in [0.15, 0.2) is 17.2 Å². The Morgan fingerprint density at radius 2 is 1.74 bits per heavy atom. The molecule has 414 valence electrons. The molecule has 1 spiro atoms. The number of benzene rings is 3. The molecular weight excluding hydrogens is 1020 g/mol. The van der Waals surface area contributed by atoms with Crippen LogP contribution in [0.15, 0.2) is 90.1 Å². The van der Waals surface area contributed by atoms with Crippen LogP contribution in [0.3, 0.4) is 0 Å². The van der Waals surface area contributed by atoms with Crippen LogP contribution >= 0.6 is 0 Å². The molecule has 1 atom stereocenters. The van der Waals surface area contributed by atoms with E-state index in [2.05, 4.69) is 89.9 Å². The van der Waals surface area contributed by atoms with E-state index in [0.717, 1.165) is 76.1 Å². The summed E-state index contributed by atoms with van der Waals surface area (Å²) in [7, 11) is -1.45. The maximum atomic E-state index is 15.0. The highest BCUT2D eigenvalue weighted by atomic mass is 32.2. The highest BCUT2D eigenvalue weighted by Crippen LogP contribution is 2.54. The molecule has 10 rings (SSSR count). The minimum atomic E-state index is -4.75. The summed E-state index contributed by atoms with van der Waals surface area (Å²) in [6.07, 6.45) is 6.70. The topological polar surface area (TPSA) is 227 Å². The summed E-state index contributed by atoms with van der Waals surface area (Å²) in [6, 6.07) is 22.6. The predicted molar refractivity (Wildman–Crippen MR) is 293 cm³/mol. The van der Waals surface area contributed by atoms with Gasteiger partial charge < -0.3 is 39.3 Å². The summed E-state index contributed by atoms with van der Waals surface area (Å²) in [5, 5.41) is 25.7. The summed E-state index contributed by atoms with van der Waals surface area (Å²) in [5.74, 6) is 0.0333. The van der Waals surface area contributed by atoms with Gasteiger partial charge in [0.05, 0.1) is 48.5 Å². The third kappa shape index (κ3) is 11.3. The van der Waals surface area contributed by atoms with E-state index in [0.29, 0.717) is 61.4 Å². The number of pyridine rings is 2. The largest absolute Gasteiger partial charge is 0.493 e. The Hall–Kier alpha value is -7.07. The zero-order chi connectivity index (χ0) is 55.1. The van der Waals surface area contributed by atoms with Crippen molar-refractivity contribution < 1.29 is 46.6 Å². The second-order valence-corrected chi connectivity index (χ2v) is 23.7. The third-order valence-corrected chi connectivity index (χ3v) is 17.4. The van der Waals surface area contributed by atoms with Gasteiger partial charge in [0.2, 0.25) is 5.82 Å². The fraction of sp³-hybridized carbons (Fsp3) is 0.456. The molecule has 1 amide bonds. The minimum Gasteiger partial charge on any atom is -0.493 e. The number of hydrogen-bond acceptors (Lipinski definition) is 16. The van der Waals surface area contributed by atoms with Gasteiger partial charge in [-0.2, -0.15) is 4.98 Å². The number of aromatic amines is 1. The van der Waals surface area contributed by atoms with Crippen molar-refractivity contribution in [3.8, 4) is 28.9 Å². The lowest BCUT2D eigenvalue weighted by Gasteiger charge is -2.63. The van der Waals surface area contributed by atoms with Gasteiger partial charge in [0.25, 0.3) is 21.8 Å². The molecule has 4 N–H and O–H groups in total. The third-order valence-electron chi connectivity index (χ3n) is 16.1. The van der Waals surface area contributed by atoms with Crippen LogP contribution in [0.2, 0.25) is 0 Å². The van der Waals surface area contributed by atoms with E-state index in [1.807, 2.05) is 6.07 Å². The Morgan fingerprint density at radius 1 is 0.987 bits per heavy atom. The highest BCUT2D eigenvalue weighted by Gasteiger charge is 2.55. The lowest BCUT2D eigenvalue weighted by Crippen LogP contribution is -2.68. The van der Waals surface area contributed by atoms with Gasteiger partial charge in [0.1, 0.15) is 22.1 Å². The molecule has 2 saturated heterocycles. The number of rotatable bonds is 19. The molecule has 21 heteroatoms. The van der Waals surface area contributed by atoms with E-state index in [9.17, 15) is 32.8 Å². The van der Waals surface area contributed by atoms with Gasteiger partial charge in [-0.25, -0.2) is 22.5 Å². The number of nitrogens with zero attached hydrogens (tertiary/aromatic N) is 6. The first-order valence-electron chi connectivity index (χ1n) is 26.7. The Labute approximate surface area is 453 Å². The number of nitro groups is 1. The number of nitrogens with one attached hydrogen (secondary N) is 3. The molecule has 19 nitrogen and oxygen atoms in total. The van der Waals surface area contributed by atoms with Crippen LogP contribution in [0, 0.1) is 27.3 Å². The number of hydrogen-bond donors (Lipinski definition) is 4. The van der Waals surface area contributed by atoms with Crippen molar-refractivity contribution in [1.82, 2.24) is 29.5 Å². The number of carbonyl (C=O) groups is 1. The molecule has 2 saturated carbocycles. The number of methoxy groups -OCH3 is 2. The number of aliphatic hydroxyl groups is 1. The predicted octanol–water partition coefficient (Wildman–Crippen LogP) is 9.34. The number of halogens is 1. The van der Waals surface area contributed by atoms with Gasteiger partial charge in [-0.15, -0.1) is 0 Å². The van der Waals surface area contributed by atoms with Crippen LogP contribution in [-0.4, -0.2) is 121 Å². The van der Waals surface area contributed by atoms with Crippen molar-refractivity contribution in [3.63, 3.8) is 0 Å². The van der Waals surface area contributed by atoms with Crippen LogP contribution < -0.4 is 33.9 Å². The van der Waals surface area contributed by atoms with Gasteiger partial charge in [-0.3, -0.25) is 24.7 Å². The molecule has 6 aromatic rings. The summed E-state index contributed by atoms with van der Waals surface area (Å²) in [6.45, 7) is 13.5. The molecule has 4 aliphatic rings. The minimum absolute atomic E-state index is 0.0122. The van der Waals surface area contributed by atoms with Crippen molar-refractivity contribution >= 4 is 44.2 Å². The van der Waals surface area contributed by atoms with Gasteiger partial charge >= 0.3 is 5.69 Å². The van der Waals surface area contributed by atoms with Gasteiger partial charge in [-0.1, -0.05) is 44.2 Å². The molecule has 0 bridgehead atoms. The summed E-state index contributed by atoms with van der Waals surface area (Å²) < 4.78 is 68.3. The second-order valence-electron chi connectivity index (χ2n) is 22.0. The number of anilines is 2. The van der Waals surface area contributed by atoms with Crippen molar-refractivity contribution in [1.29, 1.82) is 0 Å². The smallest absolute Gasteiger partial charge is 0.312 e. The Morgan fingerprint density at radius 3 is 2.46 bits per heavy atom. The van der Waals surface area contributed by atoms with Crippen LogP contribution in [0.5, 0.6) is 28.9 Å². The molecule has 5 heterocycles. The van der Waals surface area contributed by atoms with Crippen molar-refractivity contribution in [2.24, 2.45) is 11.3 Å². The first-order valence-corrected chi connectivity index (χ1v) is 28.2. The Balaban J connectivity index is 0.873. The fourth-order valence-corrected chi connectivity index (χ4v) is 12.8. The number of H-pyrrole nitrogens is 1. The Kier molecular flexibility index (Phi) is 15.3. The van der Waals surface area contributed by atoms with Crippen LogP contribution in [0.4, 0.5) is 21.6 Å². The molecule has 0 radical (unpaired) electrons. The average molecular weight is 1090 g/mol. The van der Waals surface area contributed by atoms with E-state index in [-0.39, 0.29) is 63.8 Å². The number of aromatic nitrogens is 3. The number of ether oxygens (including phenoxy) is 4. The second kappa shape index (κ2) is 22.0. The molecule has 0 unspecified atom stereocenters. The van der Waals surface area contributed by atoms with Crippen LogP contribution in [0.25, 0.3) is 11.0 Å². The van der Waals surface area contributed by atoms with Crippen molar-refractivity contribution in [2.45, 2.75) is 101 Å². The van der Waals surface area contributed by atoms with E-state index in [1.54, 1.807) is 40.2 Å². The first-order chi connectivity index (χ1) is 37.3. The quantitative estimate of drug-likeness (QED) is 0.0438. The van der Waals surface area contributed by atoms with E-state index < -0.39 is 42.9 Å². The number of amides is 1. The number of fused-ring (bicyclic) bond motifs is 1. The van der Waals surface area contributed by atoms with E-state index in [4.69, 9.17) is 18.9 Å². The normalized spacial score (nSPS) is 20.8. The molecule has 3 aromatic heterocycles. The SMILES string of the molecule is CCOc1nc2[nH]cc(F)c2cc1Oc1cc(N2CC3(CC(N4CCN(Cc5ccc(OC)c(OC)c5)C[C@H]4c4ccccc4C(C)C)C3)C2)ccc1C(=O)NS(=O)(=O)c1cnc(NCC2CCC(C)(O)CC2)c([N+](=O)[O-])c1. The number of piperazine rings is 1. The molecule has 2 aliphatic carbocycles. The standard InChI is InChI=1S/C57H68FN9O10S/c1-7-76-55-51(25-44-45(58)30-61-52(44)62-55)77-49-23-38(13-14-43(49)54(68)63-78(72,73)40-24-46(67(70)71)53(60-29-40)59-28-36-16-18-56(4,69)19-17-36)65-33-57(34-65)26-39(27-57)66-21-20-64(31-37-12-15-48(74-5)50(22-37)75-6)32-47(66)42-11-9-8-10-41(42)35(2)3/h8-15,22-25,29-30,35-36,39,47,69H,7,16-21,26-28,31-34H2,1-6H3,(H,59,60)(H,61,62)(H,63,68)/t36?,47-,56?/m0/s1.